The van der Waals surface area contributed by atoms with Gasteiger partial charge in [0.25, 0.3) is 0 Å². The number of ether oxygens (including phenoxy) is 1. The number of carbonyl (C=O) groups is 1. The highest BCUT2D eigenvalue weighted by molar-refractivity contribution is 5.80. The Bertz CT molecular complexity index is 765. The van der Waals surface area contributed by atoms with Gasteiger partial charge in [-0.25, -0.2) is 4.39 Å². The van der Waals surface area contributed by atoms with E-state index < -0.39 is 24.2 Å². The Morgan fingerprint density at radius 1 is 1.29 bits per heavy atom. The largest absolute Gasteiger partial charge is 0.522 e. The van der Waals surface area contributed by atoms with Crippen molar-refractivity contribution in [3.8, 4) is 11.5 Å². The third kappa shape index (κ3) is 6.19. The summed E-state index contributed by atoms with van der Waals surface area (Å²) < 4.78 is 58.7. The van der Waals surface area contributed by atoms with Gasteiger partial charge in [0.1, 0.15) is 5.82 Å². The number of alkyl halides is 3. The quantitative estimate of drug-likeness (QED) is 0.769. The van der Waals surface area contributed by atoms with Crippen molar-refractivity contribution in [2.24, 2.45) is 0 Å². The van der Waals surface area contributed by atoms with E-state index in [-0.39, 0.29) is 38.0 Å². The molecule has 1 fully saturated rings. The van der Waals surface area contributed by atoms with E-state index in [1.54, 1.807) is 0 Å². The molecule has 3 rings (SSSR count). The van der Waals surface area contributed by atoms with Crippen LogP contribution >= 0.6 is 0 Å². The average molecular weight is 404 g/mol. The van der Waals surface area contributed by atoms with Crippen molar-refractivity contribution in [1.82, 2.24) is 15.1 Å². The highest BCUT2D eigenvalue weighted by Gasteiger charge is 2.37. The number of carbonyl (C=O) groups excluding carboxylic acids is 1. The van der Waals surface area contributed by atoms with Crippen LogP contribution in [0.3, 0.4) is 0 Å². The van der Waals surface area contributed by atoms with Gasteiger partial charge in [-0.05, 0) is 30.7 Å². The molecule has 0 aliphatic carbocycles. The Kier molecular flexibility index (Phi) is 7.32. The van der Waals surface area contributed by atoms with Crippen LogP contribution in [0.25, 0.3) is 11.5 Å². The third-order valence-corrected chi connectivity index (χ3v) is 3.71. The minimum absolute atomic E-state index is 0.0278. The molecule has 28 heavy (non-hydrogen) atoms. The molecule has 0 radical (unpaired) electrons. The predicted molar refractivity (Wildman–Crippen MR) is 91.7 cm³/mol. The number of nitrogens with one attached hydrogen (secondary N) is 1. The first-order valence-corrected chi connectivity index (χ1v) is 8.66. The number of aromatic nitrogens is 2. The van der Waals surface area contributed by atoms with Crippen LogP contribution in [0.2, 0.25) is 0 Å². The summed E-state index contributed by atoms with van der Waals surface area (Å²) in [5.41, 5.74) is 0.505. The van der Waals surface area contributed by atoms with Crippen LogP contribution in [0.4, 0.5) is 23.6 Å². The molecular formula is C17H20F4N4O3. The van der Waals surface area contributed by atoms with Gasteiger partial charge in [-0.15, -0.1) is 18.3 Å². The lowest BCUT2D eigenvalue weighted by atomic mass is 10.2. The summed E-state index contributed by atoms with van der Waals surface area (Å²) in [5.74, 6) is -0.685. The first-order chi connectivity index (χ1) is 13.3. The van der Waals surface area contributed by atoms with E-state index in [1.807, 2.05) is 13.8 Å². The van der Waals surface area contributed by atoms with Crippen LogP contribution < -0.4 is 5.32 Å². The van der Waals surface area contributed by atoms with Crippen molar-refractivity contribution in [2.75, 3.05) is 25.0 Å². The summed E-state index contributed by atoms with van der Waals surface area (Å²) in [6.07, 6.45) is -5.67. The summed E-state index contributed by atoms with van der Waals surface area (Å²) in [5, 5.41) is 10.1. The van der Waals surface area contributed by atoms with Gasteiger partial charge >= 0.3 is 12.4 Å². The zero-order valence-corrected chi connectivity index (χ0v) is 15.3. The Balaban J connectivity index is 0.00000136. The smallest absolute Gasteiger partial charge is 0.403 e. The van der Waals surface area contributed by atoms with Crippen LogP contribution in [-0.4, -0.2) is 53.1 Å². The molecule has 1 saturated heterocycles. The Morgan fingerprint density at radius 3 is 2.61 bits per heavy atom. The number of anilines is 1. The van der Waals surface area contributed by atoms with Gasteiger partial charge in [0.05, 0.1) is 12.6 Å². The first-order valence-electron chi connectivity index (χ1n) is 8.66. The molecule has 0 spiro atoms. The van der Waals surface area contributed by atoms with Crippen LogP contribution in [0.15, 0.2) is 28.7 Å². The topological polar surface area (TPSA) is 80.5 Å². The van der Waals surface area contributed by atoms with E-state index in [0.717, 1.165) is 0 Å². The van der Waals surface area contributed by atoms with Crippen LogP contribution in [0.1, 0.15) is 20.3 Å². The van der Waals surface area contributed by atoms with E-state index in [0.29, 0.717) is 5.56 Å². The van der Waals surface area contributed by atoms with Gasteiger partial charge in [-0.3, -0.25) is 9.53 Å². The first kappa shape index (κ1) is 21.6. The minimum Gasteiger partial charge on any atom is -0.403 e. The molecule has 1 atom stereocenters. The van der Waals surface area contributed by atoms with Gasteiger partial charge in [0.2, 0.25) is 11.8 Å². The minimum atomic E-state index is -4.72. The van der Waals surface area contributed by atoms with Crippen molar-refractivity contribution in [3.63, 3.8) is 0 Å². The SMILES string of the molecule is CC.O=C(CNc1nnc(-c2ccc(F)cc2)o1)N1CCC(OC(F)(F)F)C1. The second kappa shape index (κ2) is 9.49. The molecule has 1 aliphatic rings. The monoisotopic (exact) mass is 404 g/mol. The second-order valence-corrected chi connectivity index (χ2v) is 5.59. The molecule has 7 nitrogen and oxygen atoms in total. The zero-order valence-electron chi connectivity index (χ0n) is 15.3. The van der Waals surface area contributed by atoms with E-state index in [2.05, 4.69) is 20.3 Å². The van der Waals surface area contributed by atoms with E-state index in [4.69, 9.17) is 4.42 Å². The van der Waals surface area contributed by atoms with Crippen molar-refractivity contribution in [3.05, 3.63) is 30.1 Å². The zero-order chi connectivity index (χ0) is 20.7. The van der Waals surface area contributed by atoms with Gasteiger partial charge in [0.15, 0.2) is 0 Å². The Labute approximate surface area is 158 Å². The Hall–Kier alpha value is -2.69. The number of rotatable bonds is 5. The van der Waals surface area contributed by atoms with Gasteiger partial charge < -0.3 is 14.6 Å². The van der Waals surface area contributed by atoms with Crippen molar-refractivity contribution >= 4 is 11.9 Å². The number of hydrogen-bond acceptors (Lipinski definition) is 6. The maximum Gasteiger partial charge on any atom is 0.522 e. The molecule has 0 bridgehead atoms. The standard InChI is InChI=1S/C15H14F4N4O3.C2H6/c16-10-3-1-9(2-4-10)13-21-22-14(25-13)20-7-12(24)23-6-5-11(8-23)26-15(17,18)19;1-2/h1-4,11H,5-8H2,(H,20,22);1-2H3. The molecular weight excluding hydrogens is 384 g/mol. The number of benzene rings is 1. The lowest BCUT2D eigenvalue weighted by Crippen LogP contribution is -2.35. The van der Waals surface area contributed by atoms with Crippen molar-refractivity contribution in [1.29, 1.82) is 0 Å². The highest BCUT2D eigenvalue weighted by Crippen LogP contribution is 2.24. The predicted octanol–water partition coefficient (Wildman–Crippen LogP) is 3.45. The fourth-order valence-corrected chi connectivity index (χ4v) is 2.51. The molecule has 1 aromatic carbocycles. The summed E-state index contributed by atoms with van der Waals surface area (Å²) in [4.78, 5) is 13.3. The fraction of sp³-hybridized carbons (Fsp3) is 0.471. The second-order valence-electron chi connectivity index (χ2n) is 5.59. The molecule has 2 aromatic rings. The lowest BCUT2D eigenvalue weighted by molar-refractivity contribution is -0.340. The van der Waals surface area contributed by atoms with Crippen LogP contribution in [0, 0.1) is 5.82 Å². The molecule has 1 amide bonds. The van der Waals surface area contributed by atoms with Crippen molar-refractivity contribution in [2.45, 2.75) is 32.7 Å². The van der Waals surface area contributed by atoms with Crippen LogP contribution in [-0.2, 0) is 9.53 Å². The molecule has 1 aliphatic heterocycles. The van der Waals surface area contributed by atoms with Gasteiger partial charge in [-0.2, -0.15) is 0 Å². The Morgan fingerprint density at radius 2 is 1.96 bits per heavy atom. The average Bonchev–Trinajstić information content (AvgIpc) is 3.30. The van der Waals surface area contributed by atoms with E-state index in [9.17, 15) is 22.4 Å². The van der Waals surface area contributed by atoms with Crippen molar-refractivity contribution < 1.29 is 31.5 Å². The number of amides is 1. The molecule has 1 aromatic heterocycles. The molecule has 11 heteroatoms. The maximum atomic E-state index is 12.9. The number of likely N-dealkylation sites (tertiary alicyclic amines) is 1. The highest BCUT2D eigenvalue weighted by atomic mass is 19.4. The molecule has 1 N–H and O–H groups in total. The van der Waals surface area contributed by atoms with E-state index in [1.165, 1.54) is 29.2 Å². The maximum absolute atomic E-state index is 12.9. The normalized spacial score (nSPS) is 16.5. The van der Waals surface area contributed by atoms with E-state index >= 15 is 0 Å². The number of halogens is 4. The third-order valence-electron chi connectivity index (χ3n) is 3.71. The number of nitrogens with zero attached hydrogens (tertiary/aromatic N) is 3. The molecule has 1 unspecified atom stereocenters. The summed E-state index contributed by atoms with van der Waals surface area (Å²) in [6, 6.07) is 5.37. The van der Waals surface area contributed by atoms with Gasteiger partial charge in [0, 0.05) is 18.7 Å². The molecule has 0 saturated carbocycles. The summed E-state index contributed by atoms with van der Waals surface area (Å²) in [7, 11) is 0. The summed E-state index contributed by atoms with van der Waals surface area (Å²) >= 11 is 0. The number of hydrogen-bond donors (Lipinski definition) is 1. The molecule has 154 valence electrons. The summed E-state index contributed by atoms with van der Waals surface area (Å²) in [6.45, 7) is 3.82. The van der Waals surface area contributed by atoms with Crippen LogP contribution in [0.5, 0.6) is 0 Å². The lowest BCUT2D eigenvalue weighted by Gasteiger charge is -2.17. The van der Waals surface area contributed by atoms with Gasteiger partial charge in [-0.1, -0.05) is 18.9 Å². The molecule has 2 heterocycles. The fourth-order valence-electron chi connectivity index (χ4n) is 2.51.